The maximum atomic E-state index is 12.5. The van der Waals surface area contributed by atoms with Gasteiger partial charge in [0.2, 0.25) is 0 Å². The fourth-order valence-corrected chi connectivity index (χ4v) is 2.22. The molecule has 1 aliphatic carbocycles. The summed E-state index contributed by atoms with van der Waals surface area (Å²) in [6.45, 7) is 0. The first-order valence-corrected chi connectivity index (χ1v) is 5.21. The van der Waals surface area contributed by atoms with Crippen LogP contribution in [0.1, 0.15) is 32.1 Å². The van der Waals surface area contributed by atoms with E-state index in [1.54, 1.807) is 0 Å². The molecule has 0 spiro atoms. The van der Waals surface area contributed by atoms with Crippen molar-refractivity contribution in [2.24, 2.45) is 17.6 Å². The standard InChI is InChI=1S/C11H16F3N/c1-2-4-10(15)8-5-3-6-9(7-8)11(12,13)14/h1,8-10H,3-7,15H2. The van der Waals surface area contributed by atoms with E-state index in [0.717, 1.165) is 6.42 Å². The van der Waals surface area contributed by atoms with Crippen molar-refractivity contribution in [3.05, 3.63) is 0 Å². The summed E-state index contributed by atoms with van der Waals surface area (Å²) in [5, 5.41) is 0. The molecule has 15 heavy (non-hydrogen) atoms. The van der Waals surface area contributed by atoms with Crippen LogP contribution in [0, 0.1) is 24.2 Å². The van der Waals surface area contributed by atoms with Crippen LogP contribution in [0.15, 0.2) is 0 Å². The summed E-state index contributed by atoms with van der Waals surface area (Å²) < 4.78 is 37.4. The Hall–Kier alpha value is -0.690. The SMILES string of the molecule is C#CCC(N)C1CCCC(C(F)(F)F)C1. The Bertz CT molecular complexity index is 241. The molecule has 4 heteroatoms. The van der Waals surface area contributed by atoms with Crippen molar-refractivity contribution < 1.29 is 13.2 Å². The third-order valence-electron chi connectivity index (χ3n) is 3.14. The van der Waals surface area contributed by atoms with Gasteiger partial charge in [-0.25, -0.2) is 0 Å². The first kappa shape index (κ1) is 12.4. The van der Waals surface area contributed by atoms with E-state index in [1.807, 2.05) is 0 Å². The highest BCUT2D eigenvalue weighted by Gasteiger charge is 2.42. The molecule has 86 valence electrons. The quantitative estimate of drug-likeness (QED) is 0.710. The predicted molar refractivity (Wildman–Crippen MR) is 52.9 cm³/mol. The molecule has 0 heterocycles. The normalized spacial score (nSPS) is 29.5. The van der Waals surface area contributed by atoms with Gasteiger partial charge in [-0.1, -0.05) is 6.42 Å². The molecule has 1 rings (SSSR count). The van der Waals surface area contributed by atoms with Gasteiger partial charge < -0.3 is 5.73 Å². The van der Waals surface area contributed by atoms with E-state index in [9.17, 15) is 13.2 Å². The maximum absolute atomic E-state index is 12.5. The molecular weight excluding hydrogens is 203 g/mol. The van der Waals surface area contributed by atoms with Gasteiger partial charge in [0.15, 0.2) is 0 Å². The molecule has 0 bridgehead atoms. The summed E-state index contributed by atoms with van der Waals surface area (Å²) >= 11 is 0. The molecule has 0 radical (unpaired) electrons. The van der Waals surface area contributed by atoms with E-state index in [4.69, 9.17) is 12.2 Å². The average molecular weight is 219 g/mol. The summed E-state index contributed by atoms with van der Waals surface area (Å²) in [5.41, 5.74) is 5.75. The van der Waals surface area contributed by atoms with Crippen LogP contribution in [0.3, 0.4) is 0 Å². The smallest absolute Gasteiger partial charge is 0.327 e. The molecule has 0 saturated heterocycles. The molecular formula is C11H16F3N. The van der Waals surface area contributed by atoms with Gasteiger partial charge in [0, 0.05) is 12.5 Å². The Kier molecular flexibility index (Phi) is 4.04. The minimum absolute atomic E-state index is 0.0681. The second-order valence-corrected chi connectivity index (χ2v) is 4.24. The van der Waals surface area contributed by atoms with E-state index in [2.05, 4.69) is 5.92 Å². The van der Waals surface area contributed by atoms with Crippen LogP contribution in [0.2, 0.25) is 0 Å². The Labute approximate surface area is 88.2 Å². The van der Waals surface area contributed by atoms with Crippen LogP contribution >= 0.6 is 0 Å². The molecule has 0 aromatic heterocycles. The molecule has 0 aliphatic heterocycles. The summed E-state index contributed by atoms with van der Waals surface area (Å²) in [4.78, 5) is 0. The topological polar surface area (TPSA) is 26.0 Å². The minimum Gasteiger partial charge on any atom is -0.327 e. The molecule has 1 nitrogen and oxygen atoms in total. The van der Waals surface area contributed by atoms with Crippen LogP contribution in [0.4, 0.5) is 13.2 Å². The van der Waals surface area contributed by atoms with Gasteiger partial charge in [-0.05, 0) is 25.2 Å². The third-order valence-corrected chi connectivity index (χ3v) is 3.14. The van der Waals surface area contributed by atoms with E-state index < -0.39 is 12.1 Å². The fourth-order valence-electron chi connectivity index (χ4n) is 2.22. The number of hydrogen-bond donors (Lipinski definition) is 1. The summed E-state index contributed by atoms with van der Waals surface area (Å²) in [5.74, 6) is 1.16. The number of halogens is 3. The van der Waals surface area contributed by atoms with Gasteiger partial charge >= 0.3 is 6.18 Å². The predicted octanol–water partition coefficient (Wildman–Crippen LogP) is 2.71. The molecule has 0 amide bonds. The van der Waals surface area contributed by atoms with Crippen molar-refractivity contribution in [3.8, 4) is 12.3 Å². The van der Waals surface area contributed by atoms with Crippen molar-refractivity contribution in [3.63, 3.8) is 0 Å². The zero-order valence-corrected chi connectivity index (χ0v) is 8.56. The Morgan fingerprint density at radius 3 is 2.60 bits per heavy atom. The van der Waals surface area contributed by atoms with Gasteiger partial charge in [0.1, 0.15) is 0 Å². The summed E-state index contributed by atoms with van der Waals surface area (Å²) in [6.07, 6.45) is 3.16. The third kappa shape index (κ3) is 3.42. The van der Waals surface area contributed by atoms with Crippen LogP contribution in [-0.2, 0) is 0 Å². The molecule has 1 fully saturated rings. The highest BCUT2D eigenvalue weighted by molar-refractivity contribution is 4.93. The Morgan fingerprint density at radius 1 is 1.40 bits per heavy atom. The second kappa shape index (κ2) is 4.89. The second-order valence-electron chi connectivity index (χ2n) is 4.24. The summed E-state index contributed by atoms with van der Waals surface area (Å²) in [7, 11) is 0. The van der Waals surface area contributed by atoms with E-state index >= 15 is 0 Å². The Morgan fingerprint density at radius 2 is 2.07 bits per heavy atom. The minimum atomic E-state index is -4.07. The monoisotopic (exact) mass is 219 g/mol. The van der Waals surface area contributed by atoms with Crippen molar-refractivity contribution in [2.75, 3.05) is 0 Å². The molecule has 3 unspecified atom stereocenters. The van der Waals surface area contributed by atoms with Gasteiger partial charge in [0.05, 0.1) is 5.92 Å². The fraction of sp³-hybridized carbons (Fsp3) is 0.818. The number of hydrogen-bond acceptors (Lipinski definition) is 1. The first-order chi connectivity index (χ1) is 6.95. The van der Waals surface area contributed by atoms with Crippen LogP contribution in [0.5, 0.6) is 0 Å². The van der Waals surface area contributed by atoms with Crippen LogP contribution in [0.25, 0.3) is 0 Å². The van der Waals surface area contributed by atoms with Gasteiger partial charge in [-0.15, -0.1) is 12.3 Å². The highest BCUT2D eigenvalue weighted by Crippen LogP contribution is 2.40. The van der Waals surface area contributed by atoms with Gasteiger partial charge in [-0.3, -0.25) is 0 Å². The molecule has 0 aromatic rings. The number of rotatable bonds is 2. The van der Waals surface area contributed by atoms with Crippen LogP contribution < -0.4 is 5.73 Å². The van der Waals surface area contributed by atoms with Crippen molar-refractivity contribution in [1.82, 2.24) is 0 Å². The lowest BCUT2D eigenvalue weighted by molar-refractivity contribution is -0.186. The Balaban J connectivity index is 2.53. The average Bonchev–Trinajstić information content (AvgIpc) is 2.17. The van der Waals surface area contributed by atoms with E-state index in [1.165, 1.54) is 0 Å². The largest absolute Gasteiger partial charge is 0.391 e. The van der Waals surface area contributed by atoms with Crippen LogP contribution in [-0.4, -0.2) is 12.2 Å². The molecule has 2 N–H and O–H groups in total. The van der Waals surface area contributed by atoms with Crippen molar-refractivity contribution in [2.45, 2.75) is 44.3 Å². The number of nitrogens with two attached hydrogens (primary N) is 1. The van der Waals surface area contributed by atoms with E-state index in [0.29, 0.717) is 12.8 Å². The lowest BCUT2D eigenvalue weighted by Crippen LogP contribution is -2.37. The first-order valence-electron chi connectivity index (χ1n) is 5.21. The van der Waals surface area contributed by atoms with Gasteiger partial charge in [0.25, 0.3) is 0 Å². The molecule has 1 saturated carbocycles. The van der Waals surface area contributed by atoms with E-state index in [-0.39, 0.29) is 24.8 Å². The van der Waals surface area contributed by atoms with Gasteiger partial charge in [-0.2, -0.15) is 13.2 Å². The zero-order chi connectivity index (χ0) is 11.5. The molecule has 3 atom stereocenters. The number of terminal acetylenes is 1. The lowest BCUT2D eigenvalue weighted by atomic mass is 9.77. The maximum Gasteiger partial charge on any atom is 0.391 e. The van der Waals surface area contributed by atoms with Crippen molar-refractivity contribution >= 4 is 0 Å². The molecule has 1 aliphatic rings. The zero-order valence-electron chi connectivity index (χ0n) is 8.56. The number of alkyl halides is 3. The van der Waals surface area contributed by atoms with Crippen molar-refractivity contribution in [1.29, 1.82) is 0 Å². The molecule has 0 aromatic carbocycles. The lowest BCUT2D eigenvalue weighted by Gasteiger charge is -2.33. The highest BCUT2D eigenvalue weighted by atomic mass is 19.4. The summed E-state index contributed by atoms with van der Waals surface area (Å²) in [6, 6.07) is -0.278.